The quantitative estimate of drug-likeness (QED) is 0.615. The maximum absolute atomic E-state index is 11.5. The molecule has 1 aliphatic carbocycles. The van der Waals surface area contributed by atoms with Gasteiger partial charge in [-0.05, 0) is 44.7 Å². The van der Waals surface area contributed by atoms with Gasteiger partial charge in [0.1, 0.15) is 0 Å². The number of carbonyl (C=O) groups excluding carboxylic acids is 1. The SMILES string of the molecule is Cl.Cl.O=C(CNCC1CC1)NCCCCN1CCOCC1. The number of rotatable bonds is 9. The monoisotopic (exact) mass is 341 g/mol. The first-order valence-corrected chi connectivity index (χ1v) is 7.62. The second-order valence-corrected chi connectivity index (χ2v) is 5.59. The molecule has 2 rings (SSSR count). The molecule has 1 saturated carbocycles. The number of amides is 1. The number of nitrogens with zero attached hydrogens (tertiary/aromatic N) is 1. The predicted molar refractivity (Wildman–Crippen MR) is 89.6 cm³/mol. The maximum atomic E-state index is 11.5. The van der Waals surface area contributed by atoms with Crippen LogP contribution >= 0.6 is 24.8 Å². The highest BCUT2D eigenvalue weighted by Gasteiger charge is 2.20. The highest BCUT2D eigenvalue weighted by atomic mass is 35.5. The van der Waals surface area contributed by atoms with Crippen molar-refractivity contribution in [3.63, 3.8) is 0 Å². The van der Waals surface area contributed by atoms with Crippen LogP contribution in [0.5, 0.6) is 0 Å². The van der Waals surface area contributed by atoms with Crippen LogP contribution in [-0.2, 0) is 9.53 Å². The molecule has 1 amide bonds. The second-order valence-electron chi connectivity index (χ2n) is 5.59. The van der Waals surface area contributed by atoms with E-state index >= 15 is 0 Å². The van der Waals surface area contributed by atoms with Crippen molar-refractivity contribution in [1.29, 1.82) is 0 Å². The van der Waals surface area contributed by atoms with Gasteiger partial charge in [0.2, 0.25) is 5.91 Å². The molecule has 1 heterocycles. The van der Waals surface area contributed by atoms with Gasteiger partial charge in [0.25, 0.3) is 0 Å². The number of hydrogen-bond acceptors (Lipinski definition) is 4. The van der Waals surface area contributed by atoms with Crippen molar-refractivity contribution in [3.8, 4) is 0 Å². The van der Waals surface area contributed by atoms with Crippen molar-refractivity contribution < 1.29 is 9.53 Å². The van der Waals surface area contributed by atoms with Gasteiger partial charge in [-0.15, -0.1) is 24.8 Å². The molecule has 5 nitrogen and oxygen atoms in total. The Labute approximate surface area is 140 Å². The Kier molecular flexibility index (Phi) is 12.4. The minimum absolute atomic E-state index is 0. The Morgan fingerprint density at radius 1 is 1.14 bits per heavy atom. The van der Waals surface area contributed by atoms with E-state index < -0.39 is 0 Å². The summed E-state index contributed by atoms with van der Waals surface area (Å²) in [6.45, 7) is 7.24. The normalized spacial score (nSPS) is 18.5. The van der Waals surface area contributed by atoms with Crippen LogP contribution in [-0.4, -0.2) is 63.3 Å². The van der Waals surface area contributed by atoms with E-state index in [9.17, 15) is 4.79 Å². The average molecular weight is 342 g/mol. The maximum Gasteiger partial charge on any atom is 0.233 e. The molecule has 0 spiro atoms. The highest BCUT2D eigenvalue weighted by Crippen LogP contribution is 2.27. The fourth-order valence-corrected chi connectivity index (χ4v) is 2.29. The van der Waals surface area contributed by atoms with E-state index in [2.05, 4.69) is 15.5 Å². The van der Waals surface area contributed by atoms with Crippen LogP contribution in [0.3, 0.4) is 0 Å². The molecule has 2 N–H and O–H groups in total. The molecule has 0 atom stereocenters. The van der Waals surface area contributed by atoms with Crippen molar-refractivity contribution in [2.75, 3.05) is 52.5 Å². The zero-order chi connectivity index (χ0) is 13.3. The molecule has 0 bridgehead atoms. The Hall–Kier alpha value is -0.0700. The van der Waals surface area contributed by atoms with Gasteiger partial charge in [-0.1, -0.05) is 0 Å². The Bertz CT molecular complexity index is 273. The van der Waals surface area contributed by atoms with Crippen molar-refractivity contribution >= 4 is 30.7 Å². The number of hydrogen-bond donors (Lipinski definition) is 2. The molecule has 7 heteroatoms. The lowest BCUT2D eigenvalue weighted by atomic mass is 10.2. The topological polar surface area (TPSA) is 53.6 Å². The van der Waals surface area contributed by atoms with Crippen LogP contribution in [0.4, 0.5) is 0 Å². The van der Waals surface area contributed by atoms with E-state index in [1.54, 1.807) is 0 Å². The molecule has 0 radical (unpaired) electrons. The van der Waals surface area contributed by atoms with Crippen molar-refractivity contribution in [2.24, 2.45) is 5.92 Å². The molecular weight excluding hydrogens is 313 g/mol. The standard InChI is InChI=1S/C14H27N3O2.2ClH/c18-14(12-15-11-13-3-4-13)16-5-1-2-6-17-7-9-19-10-8-17;;/h13,15H,1-12H2,(H,16,18);2*1H. The summed E-state index contributed by atoms with van der Waals surface area (Å²) in [7, 11) is 0. The molecule has 0 aromatic heterocycles. The summed E-state index contributed by atoms with van der Waals surface area (Å²) in [5.41, 5.74) is 0. The van der Waals surface area contributed by atoms with E-state index in [-0.39, 0.29) is 30.7 Å². The largest absolute Gasteiger partial charge is 0.379 e. The van der Waals surface area contributed by atoms with Gasteiger partial charge >= 0.3 is 0 Å². The highest BCUT2D eigenvalue weighted by molar-refractivity contribution is 5.85. The molecule has 1 aliphatic heterocycles. The summed E-state index contributed by atoms with van der Waals surface area (Å²) in [4.78, 5) is 13.9. The van der Waals surface area contributed by atoms with Crippen LogP contribution in [0.25, 0.3) is 0 Å². The number of nitrogens with one attached hydrogen (secondary N) is 2. The Balaban J connectivity index is 0.00000200. The lowest BCUT2D eigenvalue weighted by Crippen LogP contribution is -2.37. The lowest BCUT2D eigenvalue weighted by Gasteiger charge is -2.26. The zero-order valence-corrected chi connectivity index (χ0v) is 14.3. The van der Waals surface area contributed by atoms with Gasteiger partial charge < -0.3 is 15.4 Å². The third-order valence-corrected chi connectivity index (χ3v) is 3.74. The molecule has 0 unspecified atom stereocenters. The molecule has 2 fully saturated rings. The van der Waals surface area contributed by atoms with Crippen LogP contribution in [0.2, 0.25) is 0 Å². The second kappa shape index (κ2) is 12.5. The van der Waals surface area contributed by atoms with E-state index in [1.807, 2.05) is 0 Å². The van der Waals surface area contributed by atoms with Crippen LogP contribution in [0.15, 0.2) is 0 Å². The van der Waals surface area contributed by atoms with Crippen molar-refractivity contribution in [1.82, 2.24) is 15.5 Å². The summed E-state index contributed by atoms with van der Waals surface area (Å²) < 4.78 is 5.31. The summed E-state index contributed by atoms with van der Waals surface area (Å²) in [5.74, 6) is 0.966. The van der Waals surface area contributed by atoms with Gasteiger partial charge in [0, 0.05) is 19.6 Å². The van der Waals surface area contributed by atoms with E-state index in [0.29, 0.717) is 6.54 Å². The molecule has 2 aliphatic rings. The first kappa shape index (κ1) is 20.9. The summed E-state index contributed by atoms with van der Waals surface area (Å²) in [5, 5.41) is 6.18. The van der Waals surface area contributed by atoms with Gasteiger partial charge in [0.05, 0.1) is 19.8 Å². The van der Waals surface area contributed by atoms with Crippen LogP contribution in [0, 0.1) is 5.92 Å². The number of morpholine rings is 1. The fraction of sp³-hybridized carbons (Fsp3) is 0.929. The van der Waals surface area contributed by atoms with Gasteiger partial charge in [0.15, 0.2) is 0 Å². The van der Waals surface area contributed by atoms with E-state index in [4.69, 9.17) is 4.74 Å². The number of carbonyl (C=O) groups is 1. The summed E-state index contributed by atoms with van der Waals surface area (Å²) >= 11 is 0. The molecule has 0 aromatic rings. The van der Waals surface area contributed by atoms with Gasteiger partial charge in [-0.3, -0.25) is 9.69 Å². The Morgan fingerprint density at radius 3 is 2.52 bits per heavy atom. The Morgan fingerprint density at radius 2 is 1.86 bits per heavy atom. The minimum Gasteiger partial charge on any atom is -0.379 e. The number of unbranched alkanes of at least 4 members (excludes halogenated alkanes) is 1. The molecular formula is C14H29Cl2N3O2. The van der Waals surface area contributed by atoms with E-state index in [1.165, 1.54) is 12.8 Å². The minimum atomic E-state index is 0. The molecule has 0 aromatic carbocycles. The third kappa shape index (κ3) is 10.3. The first-order chi connectivity index (χ1) is 9.34. The summed E-state index contributed by atoms with van der Waals surface area (Å²) in [6.07, 6.45) is 4.87. The molecule has 21 heavy (non-hydrogen) atoms. The summed E-state index contributed by atoms with van der Waals surface area (Å²) in [6, 6.07) is 0. The fourth-order valence-electron chi connectivity index (χ4n) is 2.29. The first-order valence-electron chi connectivity index (χ1n) is 7.62. The predicted octanol–water partition coefficient (Wildman–Crippen LogP) is 1.06. The average Bonchev–Trinajstić information content (AvgIpc) is 3.24. The molecule has 126 valence electrons. The van der Waals surface area contributed by atoms with Gasteiger partial charge in [-0.2, -0.15) is 0 Å². The van der Waals surface area contributed by atoms with Gasteiger partial charge in [-0.25, -0.2) is 0 Å². The molecule has 1 saturated heterocycles. The van der Waals surface area contributed by atoms with Crippen molar-refractivity contribution in [2.45, 2.75) is 25.7 Å². The number of halogens is 2. The van der Waals surface area contributed by atoms with E-state index in [0.717, 1.165) is 64.7 Å². The lowest BCUT2D eigenvalue weighted by molar-refractivity contribution is -0.120. The van der Waals surface area contributed by atoms with Crippen LogP contribution in [0.1, 0.15) is 25.7 Å². The van der Waals surface area contributed by atoms with Crippen molar-refractivity contribution in [3.05, 3.63) is 0 Å². The third-order valence-electron chi connectivity index (χ3n) is 3.74. The zero-order valence-electron chi connectivity index (χ0n) is 12.6. The van der Waals surface area contributed by atoms with Crippen LogP contribution < -0.4 is 10.6 Å². The smallest absolute Gasteiger partial charge is 0.233 e. The number of ether oxygens (including phenoxy) is 1.